The second kappa shape index (κ2) is 7.57. The van der Waals surface area contributed by atoms with Crippen molar-refractivity contribution in [2.24, 2.45) is 0 Å². The first kappa shape index (κ1) is 17.4. The van der Waals surface area contributed by atoms with Crippen LogP contribution in [0.3, 0.4) is 0 Å². The van der Waals surface area contributed by atoms with Gasteiger partial charge in [-0.1, -0.05) is 56.0 Å². The summed E-state index contributed by atoms with van der Waals surface area (Å²) in [5.74, 6) is 0. The molecular weight excluding hydrogens is 296 g/mol. The summed E-state index contributed by atoms with van der Waals surface area (Å²) in [5, 5.41) is 0. The smallest absolute Gasteiger partial charge is 0.195 e. The summed E-state index contributed by atoms with van der Waals surface area (Å²) in [6, 6.07) is 8.22. The first-order valence-electron chi connectivity index (χ1n) is 8.23. The lowest BCUT2D eigenvalue weighted by Gasteiger charge is -2.34. The monoisotopic (exact) mass is 324 g/mol. The average Bonchev–Trinajstić information content (AvgIpc) is 2.52. The predicted octanol–water partition coefficient (Wildman–Crippen LogP) is 3.33. The second-order valence-corrected chi connectivity index (χ2v) is 8.22. The molecule has 0 unspecified atom stereocenters. The molecule has 22 heavy (non-hydrogen) atoms. The van der Waals surface area contributed by atoms with Gasteiger partial charge in [-0.2, -0.15) is 17.0 Å². The maximum Gasteiger partial charge on any atom is 0.282 e. The Morgan fingerprint density at radius 2 is 1.86 bits per heavy atom. The van der Waals surface area contributed by atoms with Crippen LogP contribution >= 0.6 is 0 Å². The van der Waals surface area contributed by atoms with Crippen LogP contribution in [-0.4, -0.2) is 36.7 Å². The van der Waals surface area contributed by atoms with Crippen LogP contribution < -0.4 is 0 Å². The van der Waals surface area contributed by atoms with Gasteiger partial charge < -0.3 is 0 Å². The summed E-state index contributed by atoms with van der Waals surface area (Å²) in [4.78, 5) is 0. The minimum absolute atomic E-state index is 0.158. The van der Waals surface area contributed by atoms with Crippen LogP contribution in [0.5, 0.6) is 0 Å². The normalized spacial score (nSPS) is 17.3. The SMILES string of the molecule is CCN(Cc1cccc(C)c1)S(=O)(=O)N(C)C1CCCCC1. The zero-order valence-corrected chi connectivity index (χ0v) is 14.8. The summed E-state index contributed by atoms with van der Waals surface area (Å²) in [7, 11) is -1.65. The molecule has 0 N–H and O–H groups in total. The lowest BCUT2D eigenvalue weighted by atomic mass is 9.96. The molecule has 0 radical (unpaired) electrons. The van der Waals surface area contributed by atoms with E-state index >= 15 is 0 Å². The minimum Gasteiger partial charge on any atom is -0.195 e. The molecule has 0 heterocycles. The standard InChI is InChI=1S/C17H28N2O2S/c1-4-19(14-16-10-8-9-15(2)13-16)22(20,21)18(3)17-11-6-5-7-12-17/h8-10,13,17H,4-7,11-12,14H2,1-3H3. The molecule has 2 rings (SSSR count). The highest BCUT2D eigenvalue weighted by Gasteiger charge is 2.31. The van der Waals surface area contributed by atoms with E-state index in [1.54, 1.807) is 15.7 Å². The molecule has 1 aromatic rings. The van der Waals surface area contributed by atoms with E-state index < -0.39 is 10.2 Å². The van der Waals surface area contributed by atoms with Gasteiger partial charge in [0.15, 0.2) is 0 Å². The summed E-state index contributed by atoms with van der Waals surface area (Å²) in [5.41, 5.74) is 2.20. The molecule has 0 atom stereocenters. The Kier molecular flexibility index (Phi) is 6.01. The Morgan fingerprint density at radius 3 is 2.45 bits per heavy atom. The van der Waals surface area contributed by atoms with Gasteiger partial charge in [0.05, 0.1) is 0 Å². The summed E-state index contributed by atoms with van der Waals surface area (Å²) in [6.45, 7) is 4.87. The lowest BCUT2D eigenvalue weighted by Crippen LogP contribution is -2.46. The van der Waals surface area contributed by atoms with Gasteiger partial charge >= 0.3 is 0 Å². The van der Waals surface area contributed by atoms with Crippen LogP contribution in [0.1, 0.15) is 50.2 Å². The van der Waals surface area contributed by atoms with Crippen LogP contribution in [-0.2, 0) is 16.8 Å². The van der Waals surface area contributed by atoms with Gasteiger partial charge in [0, 0.05) is 26.2 Å². The quantitative estimate of drug-likeness (QED) is 0.805. The number of rotatable bonds is 6. The number of aryl methyl sites for hydroxylation is 1. The van der Waals surface area contributed by atoms with E-state index in [4.69, 9.17) is 0 Å². The Labute approximate surface area is 135 Å². The first-order chi connectivity index (χ1) is 10.4. The maximum absolute atomic E-state index is 12.9. The Morgan fingerprint density at radius 1 is 1.18 bits per heavy atom. The summed E-state index contributed by atoms with van der Waals surface area (Å²) < 4.78 is 29.0. The Bertz CT molecular complexity index is 580. The number of hydrogen-bond donors (Lipinski definition) is 0. The fourth-order valence-corrected chi connectivity index (χ4v) is 4.78. The largest absolute Gasteiger partial charge is 0.282 e. The van der Waals surface area contributed by atoms with Crippen molar-refractivity contribution in [1.82, 2.24) is 8.61 Å². The van der Waals surface area contributed by atoms with E-state index in [1.807, 2.05) is 32.0 Å². The van der Waals surface area contributed by atoms with Crippen molar-refractivity contribution in [3.8, 4) is 0 Å². The van der Waals surface area contributed by atoms with Gasteiger partial charge in [-0.3, -0.25) is 0 Å². The van der Waals surface area contributed by atoms with Crippen molar-refractivity contribution in [1.29, 1.82) is 0 Å². The third kappa shape index (κ3) is 4.09. The molecule has 0 spiro atoms. The topological polar surface area (TPSA) is 40.6 Å². The van der Waals surface area contributed by atoms with Crippen LogP contribution in [0, 0.1) is 6.92 Å². The van der Waals surface area contributed by atoms with Crippen LogP contribution in [0.2, 0.25) is 0 Å². The van der Waals surface area contributed by atoms with Crippen molar-refractivity contribution in [3.05, 3.63) is 35.4 Å². The molecule has 1 fully saturated rings. The summed E-state index contributed by atoms with van der Waals surface area (Å²) >= 11 is 0. The molecule has 0 amide bonds. The first-order valence-corrected chi connectivity index (χ1v) is 9.63. The molecule has 1 saturated carbocycles. The summed E-state index contributed by atoms with van der Waals surface area (Å²) in [6.07, 6.45) is 5.46. The number of benzene rings is 1. The lowest BCUT2D eigenvalue weighted by molar-refractivity contribution is 0.262. The minimum atomic E-state index is -3.40. The highest BCUT2D eigenvalue weighted by molar-refractivity contribution is 7.86. The van der Waals surface area contributed by atoms with Crippen molar-refractivity contribution in [2.75, 3.05) is 13.6 Å². The number of hydrogen-bond acceptors (Lipinski definition) is 2. The van der Waals surface area contributed by atoms with Crippen molar-refractivity contribution < 1.29 is 8.42 Å². The van der Waals surface area contributed by atoms with Crippen molar-refractivity contribution in [3.63, 3.8) is 0 Å². The van der Waals surface area contributed by atoms with Gasteiger partial charge in [0.1, 0.15) is 0 Å². The molecule has 5 heteroatoms. The van der Waals surface area contributed by atoms with E-state index in [2.05, 4.69) is 6.07 Å². The third-order valence-electron chi connectivity index (χ3n) is 4.57. The number of nitrogens with zero attached hydrogens (tertiary/aromatic N) is 2. The van der Waals surface area contributed by atoms with Gasteiger partial charge in [0.2, 0.25) is 0 Å². The van der Waals surface area contributed by atoms with Gasteiger partial charge in [-0.25, -0.2) is 0 Å². The highest BCUT2D eigenvalue weighted by atomic mass is 32.2. The molecule has 1 aromatic carbocycles. The zero-order chi connectivity index (χ0) is 16.2. The van der Waals surface area contributed by atoms with E-state index in [0.29, 0.717) is 13.1 Å². The fourth-order valence-electron chi connectivity index (χ4n) is 3.19. The second-order valence-electron chi connectivity index (χ2n) is 6.23. The van der Waals surface area contributed by atoms with Gasteiger partial charge in [0.25, 0.3) is 10.2 Å². The van der Waals surface area contributed by atoms with E-state index in [0.717, 1.165) is 36.8 Å². The van der Waals surface area contributed by atoms with Crippen LogP contribution in [0.15, 0.2) is 24.3 Å². The average molecular weight is 324 g/mol. The van der Waals surface area contributed by atoms with Crippen molar-refractivity contribution >= 4 is 10.2 Å². The molecule has 1 aliphatic rings. The molecular formula is C17H28N2O2S. The van der Waals surface area contributed by atoms with E-state index in [-0.39, 0.29) is 6.04 Å². The van der Waals surface area contributed by atoms with Crippen molar-refractivity contribution in [2.45, 2.75) is 58.5 Å². The molecule has 1 aliphatic carbocycles. The Hall–Kier alpha value is -0.910. The zero-order valence-electron chi connectivity index (χ0n) is 14.0. The van der Waals surface area contributed by atoms with Crippen LogP contribution in [0.25, 0.3) is 0 Å². The third-order valence-corrected chi connectivity index (χ3v) is 6.64. The molecule has 124 valence electrons. The van der Waals surface area contributed by atoms with E-state index in [1.165, 1.54) is 6.42 Å². The van der Waals surface area contributed by atoms with Gasteiger partial charge in [-0.05, 0) is 25.3 Å². The van der Waals surface area contributed by atoms with Crippen LogP contribution in [0.4, 0.5) is 0 Å². The molecule has 0 aromatic heterocycles. The predicted molar refractivity (Wildman–Crippen MR) is 90.8 cm³/mol. The molecule has 0 saturated heterocycles. The van der Waals surface area contributed by atoms with E-state index in [9.17, 15) is 8.42 Å². The highest BCUT2D eigenvalue weighted by Crippen LogP contribution is 2.25. The molecule has 0 bridgehead atoms. The maximum atomic E-state index is 12.9. The molecule has 4 nitrogen and oxygen atoms in total. The van der Waals surface area contributed by atoms with Gasteiger partial charge in [-0.15, -0.1) is 0 Å². The Balaban J connectivity index is 2.13. The molecule has 0 aliphatic heterocycles. The fraction of sp³-hybridized carbons (Fsp3) is 0.647.